The number of rotatable bonds is 6. The Hall–Kier alpha value is -2.49. The first-order chi connectivity index (χ1) is 15.2. The maximum Gasteiger partial charge on any atom is 0.238 e. The molecule has 1 aliphatic heterocycles. The Balaban J connectivity index is 1.27. The third-order valence-electron chi connectivity index (χ3n) is 5.92. The van der Waals surface area contributed by atoms with Crippen LogP contribution in [-0.2, 0) is 21.2 Å². The summed E-state index contributed by atoms with van der Waals surface area (Å²) < 4.78 is 23.9. The van der Waals surface area contributed by atoms with Crippen LogP contribution >= 0.6 is 11.3 Å². The lowest BCUT2D eigenvalue weighted by atomic mass is 9.96. The number of nitrogens with two attached hydrogens (primary N) is 1. The Labute approximate surface area is 192 Å². The molecule has 0 unspecified atom stereocenters. The molecule has 1 aromatic heterocycles. The number of fused-ring (bicyclic) bond motifs is 1. The van der Waals surface area contributed by atoms with E-state index in [0.29, 0.717) is 13.0 Å². The quantitative estimate of drug-likeness (QED) is 0.573. The molecule has 0 spiro atoms. The summed E-state index contributed by atoms with van der Waals surface area (Å²) in [6.07, 6.45) is 2.26. The molecule has 0 bridgehead atoms. The average Bonchev–Trinajstić information content (AvgIpc) is 3.18. The van der Waals surface area contributed by atoms with Gasteiger partial charge in [0, 0.05) is 25.6 Å². The van der Waals surface area contributed by atoms with Crippen LogP contribution in [0.5, 0.6) is 0 Å². The molecular formula is C23H28N4O3S2. The summed E-state index contributed by atoms with van der Waals surface area (Å²) in [4.78, 5) is 19.8. The van der Waals surface area contributed by atoms with Crippen LogP contribution in [0.25, 0.3) is 10.2 Å². The summed E-state index contributed by atoms with van der Waals surface area (Å²) in [7, 11) is -3.68. The smallest absolute Gasteiger partial charge is 0.238 e. The van der Waals surface area contributed by atoms with E-state index in [1.165, 1.54) is 28.0 Å². The highest BCUT2D eigenvalue weighted by Gasteiger charge is 2.26. The van der Waals surface area contributed by atoms with Crippen LogP contribution in [0, 0.1) is 19.8 Å². The Kier molecular flexibility index (Phi) is 6.50. The van der Waals surface area contributed by atoms with Gasteiger partial charge in [0.2, 0.25) is 15.9 Å². The topological polar surface area (TPSA) is 105 Å². The second-order valence-electron chi connectivity index (χ2n) is 8.42. The largest absolute Gasteiger partial charge is 0.356 e. The lowest BCUT2D eigenvalue weighted by Crippen LogP contribution is -2.41. The van der Waals surface area contributed by atoms with Crippen molar-refractivity contribution in [3.8, 4) is 0 Å². The molecule has 32 heavy (non-hydrogen) atoms. The van der Waals surface area contributed by atoms with Crippen LogP contribution in [0.1, 0.15) is 29.5 Å². The first-order valence-corrected chi connectivity index (χ1v) is 13.1. The third kappa shape index (κ3) is 5.11. The zero-order valence-electron chi connectivity index (χ0n) is 18.3. The zero-order chi connectivity index (χ0) is 22.9. The van der Waals surface area contributed by atoms with Crippen molar-refractivity contribution in [2.75, 3.05) is 24.5 Å². The zero-order valence-corrected chi connectivity index (χ0v) is 19.9. The number of carbonyl (C=O) groups is 1. The van der Waals surface area contributed by atoms with E-state index in [9.17, 15) is 13.2 Å². The van der Waals surface area contributed by atoms with Crippen molar-refractivity contribution >= 4 is 42.6 Å². The standard InChI is InChI=1S/C23H28N4O3S2/c1-15-13-16(2)21-20(14-15)31-23(26-21)27-11-8-18(9-12-27)22(28)25-10-7-17-3-5-19(6-4-17)32(24,29)30/h3-6,13-14,18H,7-12H2,1-2H3,(H,25,28)(H2,24,29,30). The van der Waals surface area contributed by atoms with Crippen LogP contribution < -0.4 is 15.4 Å². The maximum absolute atomic E-state index is 12.6. The van der Waals surface area contributed by atoms with Crippen molar-refractivity contribution in [1.29, 1.82) is 0 Å². The number of nitrogens with one attached hydrogen (secondary N) is 1. The number of aromatic nitrogens is 1. The highest BCUT2D eigenvalue weighted by molar-refractivity contribution is 7.89. The predicted octanol–water partition coefficient (Wildman–Crippen LogP) is 3.14. The minimum Gasteiger partial charge on any atom is -0.356 e. The van der Waals surface area contributed by atoms with Gasteiger partial charge in [-0.05, 0) is 68.0 Å². The first-order valence-electron chi connectivity index (χ1n) is 10.7. The van der Waals surface area contributed by atoms with Gasteiger partial charge >= 0.3 is 0 Å². The molecule has 3 N–H and O–H groups in total. The number of primary sulfonamides is 1. The Morgan fingerprint density at radius 3 is 2.53 bits per heavy atom. The number of hydrogen-bond acceptors (Lipinski definition) is 6. The van der Waals surface area contributed by atoms with E-state index in [-0.39, 0.29) is 16.7 Å². The number of piperidine rings is 1. The van der Waals surface area contributed by atoms with Gasteiger partial charge in [0.15, 0.2) is 5.13 Å². The molecule has 7 nitrogen and oxygen atoms in total. The summed E-state index contributed by atoms with van der Waals surface area (Å²) in [6.45, 7) is 6.37. The van der Waals surface area contributed by atoms with E-state index in [2.05, 4.69) is 36.2 Å². The summed E-state index contributed by atoms with van der Waals surface area (Å²) in [5.41, 5.74) is 4.48. The van der Waals surface area contributed by atoms with Crippen molar-refractivity contribution in [1.82, 2.24) is 10.3 Å². The Morgan fingerprint density at radius 1 is 1.19 bits per heavy atom. The normalized spacial score (nSPS) is 15.3. The van der Waals surface area contributed by atoms with E-state index in [1.807, 2.05) is 0 Å². The van der Waals surface area contributed by atoms with E-state index >= 15 is 0 Å². The van der Waals surface area contributed by atoms with Gasteiger partial charge in [0.25, 0.3) is 0 Å². The van der Waals surface area contributed by atoms with E-state index < -0.39 is 10.0 Å². The molecule has 1 aliphatic rings. The van der Waals surface area contributed by atoms with Gasteiger partial charge < -0.3 is 10.2 Å². The van der Waals surface area contributed by atoms with Gasteiger partial charge in [-0.25, -0.2) is 18.5 Å². The molecule has 1 amide bonds. The molecule has 3 aromatic rings. The molecule has 0 radical (unpaired) electrons. The van der Waals surface area contributed by atoms with E-state index in [0.717, 1.165) is 42.1 Å². The van der Waals surface area contributed by atoms with Crippen molar-refractivity contribution in [2.45, 2.75) is 38.0 Å². The minimum atomic E-state index is -3.68. The fraction of sp³-hybridized carbons (Fsp3) is 0.391. The summed E-state index contributed by atoms with van der Waals surface area (Å²) >= 11 is 1.72. The van der Waals surface area contributed by atoms with Crippen molar-refractivity contribution in [3.63, 3.8) is 0 Å². The van der Waals surface area contributed by atoms with Gasteiger partial charge in [0.1, 0.15) is 0 Å². The molecule has 0 saturated carbocycles. The fourth-order valence-corrected chi connectivity index (χ4v) is 5.86. The summed E-state index contributed by atoms with van der Waals surface area (Å²) in [5, 5.41) is 9.18. The molecule has 0 aliphatic carbocycles. The fourth-order valence-electron chi connectivity index (χ4n) is 4.15. The molecule has 2 aromatic carbocycles. The van der Waals surface area contributed by atoms with Gasteiger partial charge in [0.05, 0.1) is 15.1 Å². The summed E-state index contributed by atoms with van der Waals surface area (Å²) in [6, 6.07) is 10.8. The number of thiazole rings is 1. The van der Waals surface area contributed by atoms with Gasteiger partial charge in [-0.1, -0.05) is 29.5 Å². The number of benzene rings is 2. The van der Waals surface area contributed by atoms with E-state index in [1.54, 1.807) is 23.5 Å². The van der Waals surface area contributed by atoms with Crippen LogP contribution in [-0.4, -0.2) is 38.9 Å². The molecule has 1 fully saturated rings. The van der Waals surface area contributed by atoms with Crippen molar-refractivity contribution < 1.29 is 13.2 Å². The van der Waals surface area contributed by atoms with Crippen LogP contribution in [0.3, 0.4) is 0 Å². The number of carbonyl (C=O) groups excluding carboxylic acids is 1. The first kappa shape index (κ1) is 22.7. The Morgan fingerprint density at radius 2 is 1.88 bits per heavy atom. The summed E-state index contributed by atoms with van der Waals surface area (Å²) in [5.74, 6) is 0.0935. The number of sulfonamides is 1. The van der Waals surface area contributed by atoms with Gasteiger partial charge in [-0.2, -0.15) is 0 Å². The number of nitrogens with zero attached hydrogens (tertiary/aromatic N) is 2. The maximum atomic E-state index is 12.6. The predicted molar refractivity (Wildman–Crippen MR) is 129 cm³/mol. The molecule has 0 atom stereocenters. The second kappa shape index (κ2) is 9.17. The molecular weight excluding hydrogens is 444 g/mol. The lowest BCUT2D eigenvalue weighted by Gasteiger charge is -2.31. The Bertz CT molecular complexity index is 1230. The van der Waals surface area contributed by atoms with Crippen LogP contribution in [0.4, 0.5) is 5.13 Å². The van der Waals surface area contributed by atoms with Gasteiger partial charge in [-0.3, -0.25) is 4.79 Å². The highest BCUT2D eigenvalue weighted by Crippen LogP contribution is 2.33. The number of amides is 1. The monoisotopic (exact) mass is 472 g/mol. The van der Waals surface area contributed by atoms with Crippen molar-refractivity contribution in [3.05, 3.63) is 53.1 Å². The number of hydrogen-bond donors (Lipinski definition) is 2. The molecule has 9 heteroatoms. The van der Waals surface area contributed by atoms with Gasteiger partial charge in [-0.15, -0.1) is 0 Å². The van der Waals surface area contributed by atoms with E-state index in [4.69, 9.17) is 10.1 Å². The average molecular weight is 473 g/mol. The number of aryl methyl sites for hydroxylation is 2. The molecule has 1 saturated heterocycles. The minimum absolute atomic E-state index is 0.00867. The lowest BCUT2D eigenvalue weighted by molar-refractivity contribution is -0.125. The second-order valence-corrected chi connectivity index (χ2v) is 11.0. The molecule has 4 rings (SSSR count). The van der Waals surface area contributed by atoms with Crippen molar-refractivity contribution in [2.24, 2.45) is 11.1 Å². The number of anilines is 1. The van der Waals surface area contributed by atoms with Crippen LogP contribution in [0.2, 0.25) is 0 Å². The highest BCUT2D eigenvalue weighted by atomic mass is 32.2. The molecule has 170 valence electrons. The van der Waals surface area contributed by atoms with Crippen LogP contribution in [0.15, 0.2) is 41.3 Å². The third-order valence-corrected chi connectivity index (χ3v) is 7.91. The molecule has 2 heterocycles. The SMILES string of the molecule is Cc1cc(C)c2nc(N3CCC(C(=O)NCCc4ccc(S(N)(=O)=O)cc4)CC3)sc2c1.